The van der Waals surface area contributed by atoms with Crippen molar-refractivity contribution >= 4 is 0 Å². The van der Waals surface area contributed by atoms with Crippen molar-refractivity contribution in [3.63, 3.8) is 0 Å². The number of nitrogens with zero attached hydrogens (tertiary/aromatic N) is 1. The number of hydrogen-bond donors (Lipinski definition) is 3. The van der Waals surface area contributed by atoms with Crippen molar-refractivity contribution < 1.29 is 10.2 Å². The first-order valence-electron chi connectivity index (χ1n) is 4.50. The van der Waals surface area contributed by atoms with E-state index < -0.39 is 0 Å². The van der Waals surface area contributed by atoms with Gasteiger partial charge in [0.25, 0.3) is 0 Å². The predicted molar refractivity (Wildman–Crippen MR) is 49.2 cm³/mol. The third kappa shape index (κ3) is 6.54. The number of hydrogen-bond acceptors (Lipinski definition) is 4. The van der Waals surface area contributed by atoms with Gasteiger partial charge in [0, 0.05) is 39.3 Å². The molecule has 4 heteroatoms. The van der Waals surface area contributed by atoms with Crippen molar-refractivity contribution in [1.82, 2.24) is 10.2 Å². The molecule has 0 aliphatic carbocycles. The van der Waals surface area contributed by atoms with Crippen molar-refractivity contribution in [2.45, 2.75) is 6.92 Å². The predicted octanol–water partition coefficient (Wildman–Crippen LogP) is -1.12. The lowest BCUT2D eigenvalue weighted by molar-refractivity contribution is 0.180. The molecule has 0 aromatic heterocycles. The highest BCUT2D eigenvalue weighted by Gasteiger charge is 2.06. The molecule has 0 amide bonds. The van der Waals surface area contributed by atoms with E-state index in [1.165, 1.54) is 0 Å². The molecule has 0 unspecified atom stereocenters. The van der Waals surface area contributed by atoms with Gasteiger partial charge < -0.3 is 15.5 Å². The van der Waals surface area contributed by atoms with Crippen molar-refractivity contribution in [2.75, 3.05) is 45.9 Å². The Kier molecular flexibility index (Phi) is 8.81. The van der Waals surface area contributed by atoms with E-state index in [1.807, 2.05) is 0 Å². The summed E-state index contributed by atoms with van der Waals surface area (Å²) < 4.78 is 0. The Balaban J connectivity index is 0.000000354. The highest BCUT2D eigenvalue weighted by molar-refractivity contribution is 4.66. The summed E-state index contributed by atoms with van der Waals surface area (Å²) in [6.45, 7) is 7.36. The van der Waals surface area contributed by atoms with E-state index in [1.54, 1.807) is 6.92 Å². The number of nitrogens with one attached hydrogen (secondary N) is 1. The van der Waals surface area contributed by atoms with Crippen molar-refractivity contribution in [1.29, 1.82) is 0 Å². The molecular weight excluding hydrogens is 156 g/mol. The molecule has 0 aromatic carbocycles. The Morgan fingerprint density at radius 1 is 1.25 bits per heavy atom. The SMILES string of the molecule is CCO.OCCN1CCNCC1. The first-order valence-corrected chi connectivity index (χ1v) is 4.50. The van der Waals surface area contributed by atoms with E-state index in [9.17, 15) is 0 Å². The van der Waals surface area contributed by atoms with Crippen LogP contribution in [0.1, 0.15) is 6.92 Å². The van der Waals surface area contributed by atoms with Crippen LogP contribution in [0.15, 0.2) is 0 Å². The van der Waals surface area contributed by atoms with Crippen LogP contribution in [0.5, 0.6) is 0 Å². The zero-order chi connectivity index (χ0) is 9.23. The minimum Gasteiger partial charge on any atom is -0.397 e. The molecule has 0 spiro atoms. The molecule has 1 aliphatic rings. The minimum absolute atomic E-state index is 0.250. The first kappa shape index (κ1) is 11.8. The maximum Gasteiger partial charge on any atom is 0.0558 e. The van der Waals surface area contributed by atoms with E-state index in [0.717, 1.165) is 32.7 Å². The van der Waals surface area contributed by atoms with Crippen LogP contribution >= 0.6 is 0 Å². The normalized spacial score (nSPS) is 18.2. The molecule has 3 N–H and O–H groups in total. The minimum atomic E-state index is 0.250. The second-order valence-corrected chi connectivity index (χ2v) is 2.63. The van der Waals surface area contributed by atoms with Gasteiger partial charge >= 0.3 is 0 Å². The highest BCUT2D eigenvalue weighted by atomic mass is 16.3. The van der Waals surface area contributed by atoms with Crippen molar-refractivity contribution in [3.05, 3.63) is 0 Å². The Hall–Kier alpha value is -0.160. The lowest BCUT2D eigenvalue weighted by Crippen LogP contribution is -2.44. The average Bonchev–Trinajstić information content (AvgIpc) is 2.08. The second-order valence-electron chi connectivity index (χ2n) is 2.63. The van der Waals surface area contributed by atoms with Crippen LogP contribution in [0.4, 0.5) is 0 Å². The Morgan fingerprint density at radius 3 is 2.17 bits per heavy atom. The first-order chi connectivity index (χ1) is 5.85. The molecule has 74 valence electrons. The molecule has 1 fully saturated rings. The summed E-state index contributed by atoms with van der Waals surface area (Å²) in [5.41, 5.74) is 0. The maximum absolute atomic E-state index is 8.56. The molecule has 0 saturated carbocycles. The van der Waals surface area contributed by atoms with E-state index in [-0.39, 0.29) is 6.61 Å². The number of aliphatic hydroxyl groups excluding tert-OH is 2. The van der Waals surface area contributed by atoms with Gasteiger partial charge in [-0.05, 0) is 6.92 Å². The van der Waals surface area contributed by atoms with Crippen molar-refractivity contribution in [3.8, 4) is 0 Å². The van der Waals surface area contributed by atoms with Gasteiger partial charge in [0.2, 0.25) is 0 Å². The standard InChI is InChI=1S/C6H14N2O.C2H6O/c9-6-5-8-3-1-7-2-4-8;1-2-3/h7,9H,1-6H2;3H,2H2,1H3. The summed E-state index contributed by atoms with van der Waals surface area (Å²) in [4.78, 5) is 2.26. The molecule has 0 bridgehead atoms. The molecule has 12 heavy (non-hydrogen) atoms. The fourth-order valence-electron chi connectivity index (χ4n) is 1.08. The van der Waals surface area contributed by atoms with Crippen LogP contribution in [0.25, 0.3) is 0 Å². The van der Waals surface area contributed by atoms with E-state index in [0.29, 0.717) is 6.61 Å². The van der Waals surface area contributed by atoms with Gasteiger partial charge in [-0.3, -0.25) is 4.90 Å². The number of rotatable bonds is 2. The molecule has 1 heterocycles. The fraction of sp³-hybridized carbons (Fsp3) is 1.00. The van der Waals surface area contributed by atoms with Gasteiger partial charge in [0.05, 0.1) is 6.61 Å². The largest absolute Gasteiger partial charge is 0.397 e. The Morgan fingerprint density at radius 2 is 1.75 bits per heavy atom. The van der Waals surface area contributed by atoms with Crippen LogP contribution in [-0.2, 0) is 0 Å². The van der Waals surface area contributed by atoms with Crippen LogP contribution in [0.3, 0.4) is 0 Å². The summed E-state index contributed by atoms with van der Waals surface area (Å²) in [6, 6.07) is 0. The summed E-state index contributed by atoms with van der Waals surface area (Å²) in [5, 5.41) is 19.4. The van der Waals surface area contributed by atoms with E-state index in [4.69, 9.17) is 10.2 Å². The van der Waals surface area contributed by atoms with Crippen LogP contribution in [0.2, 0.25) is 0 Å². The smallest absolute Gasteiger partial charge is 0.0558 e. The van der Waals surface area contributed by atoms with Crippen LogP contribution in [-0.4, -0.2) is 61.1 Å². The third-order valence-electron chi connectivity index (χ3n) is 1.63. The van der Waals surface area contributed by atoms with Gasteiger partial charge in [-0.1, -0.05) is 0 Å². The Labute approximate surface area is 74.2 Å². The maximum atomic E-state index is 8.56. The summed E-state index contributed by atoms with van der Waals surface area (Å²) in [7, 11) is 0. The van der Waals surface area contributed by atoms with Gasteiger partial charge in [0.1, 0.15) is 0 Å². The molecule has 1 saturated heterocycles. The lowest BCUT2D eigenvalue weighted by atomic mass is 10.4. The van der Waals surface area contributed by atoms with E-state index >= 15 is 0 Å². The summed E-state index contributed by atoms with van der Waals surface area (Å²) >= 11 is 0. The molecule has 0 atom stereocenters. The lowest BCUT2D eigenvalue weighted by Gasteiger charge is -2.25. The van der Waals surface area contributed by atoms with Crippen LogP contribution in [0, 0.1) is 0 Å². The van der Waals surface area contributed by atoms with E-state index in [2.05, 4.69) is 10.2 Å². The molecule has 1 rings (SSSR count). The average molecular weight is 176 g/mol. The third-order valence-corrected chi connectivity index (χ3v) is 1.63. The second kappa shape index (κ2) is 8.93. The molecular formula is C8H20N2O2. The van der Waals surface area contributed by atoms with Gasteiger partial charge in [-0.15, -0.1) is 0 Å². The zero-order valence-corrected chi connectivity index (χ0v) is 7.79. The molecule has 1 aliphatic heterocycles. The molecule has 0 aromatic rings. The van der Waals surface area contributed by atoms with Gasteiger partial charge in [0.15, 0.2) is 0 Å². The molecule has 0 radical (unpaired) electrons. The Bertz CT molecular complexity index is 82.4. The summed E-state index contributed by atoms with van der Waals surface area (Å²) in [5.74, 6) is 0. The zero-order valence-electron chi connectivity index (χ0n) is 7.79. The quantitative estimate of drug-likeness (QED) is 0.499. The number of piperazine rings is 1. The fourth-order valence-corrected chi connectivity index (χ4v) is 1.08. The molecule has 4 nitrogen and oxygen atoms in total. The monoisotopic (exact) mass is 176 g/mol. The topological polar surface area (TPSA) is 55.7 Å². The van der Waals surface area contributed by atoms with Crippen LogP contribution < -0.4 is 5.32 Å². The van der Waals surface area contributed by atoms with Crippen molar-refractivity contribution in [2.24, 2.45) is 0 Å². The van der Waals surface area contributed by atoms with Gasteiger partial charge in [-0.25, -0.2) is 0 Å². The highest BCUT2D eigenvalue weighted by Crippen LogP contribution is 1.88. The summed E-state index contributed by atoms with van der Waals surface area (Å²) in [6.07, 6.45) is 0. The number of aliphatic hydroxyl groups is 2. The van der Waals surface area contributed by atoms with Gasteiger partial charge in [-0.2, -0.15) is 0 Å². The number of β-amino-alcohol motifs (C(OH)–C–C–N with tert-alkyl or cyclic N) is 1.